The summed E-state index contributed by atoms with van der Waals surface area (Å²) in [5, 5.41) is 4.88. The molecule has 3 amide bonds. The molecule has 8 heteroatoms. The third-order valence-electron chi connectivity index (χ3n) is 3.52. The maximum absolute atomic E-state index is 11.7. The molecule has 1 fully saturated rings. The van der Waals surface area contributed by atoms with Gasteiger partial charge in [-0.3, -0.25) is 15.1 Å². The molecule has 1 aromatic heterocycles. The summed E-state index contributed by atoms with van der Waals surface area (Å²) in [4.78, 5) is 42.7. The van der Waals surface area contributed by atoms with E-state index in [1.54, 1.807) is 6.92 Å². The number of amides is 3. The highest BCUT2D eigenvalue weighted by Gasteiger charge is 2.18. The molecule has 8 nitrogen and oxygen atoms in total. The van der Waals surface area contributed by atoms with Crippen molar-refractivity contribution in [3.05, 3.63) is 23.8 Å². The molecule has 2 N–H and O–H groups in total. The Morgan fingerprint density at radius 1 is 1.17 bits per heavy atom. The summed E-state index contributed by atoms with van der Waals surface area (Å²) in [6.07, 6.45) is 7.86. The van der Waals surface area contributed by atoms with E-state index in [2.05, 4.69) is 20.6 Å². The number of carbonyl (C=O) groups excluding carboxylic acids is 3. The first-order chi connectivity index (χ1) is 11.0. The smallest absolute Gasteiger partial charge is 0.359 e. The van der Waals surface area contributed by atoms with Crippen LogP contribution >= 0.6 is 0 Å². The fourth-order valence-corrected chi connectivity index (χ4v) is 2.33. The van der Waals surface area contributed by atoms with Gasteiger partial charge >= 0.3 is 12.0 Å². The van der Waals surface area contributed by atoms with Crippen LogP contribution in [0.2, 0.25) is 0 Å². The maximum Gasteiger partial charge on any atom is 0.359 e. The van der Waals surface area contributed by atoms with Crippen molar-refractivity contribution in [3.8, 4) is 0 Å². The maximum atomic E-state index is 11.7. The Balaban J connectivity index is 1.70. The van der Waals surface area contributed by atoms with Gasteiger partial charge in [-0.2, -0.15) is 0 Å². The fraction of sp³-hybridized carbons (Fsp3) is 0.533. The van der Waals surface area contributed by atoms with Gasteiger partial charge in [0.25, 0.3) is 5.91 Å². The summed E-state index contributed by atoms with van der Waals surface area (Å²) in [5.41, 5.74) is 0.675. The molecular formula is C15H20N4O4. The minimum Gasteiger partial charge on any atom is -0.451 e. The lowest BCUT2D eigenvalue weighted by Crippen LogP contribution is -2.46. The van der Waals surface area contributed by atoms with Crippen LogP contribution in [0.3, 0.4) is 0 Å². The van der Waals surface area contributed by atoms with E-state index in [1.165, 1.54) is 18.8 Å². The normalized spacial score (nSPS) is 14.8. The van der Waals surface area contributed by atoms with Gasteiger partial charge < -0.3 is 10.1 Å². The number of ether oxygens (including phenoxy) is 1. The van der Waals surface area contributed by atoms with E-state index in [9.17, 15) is 14.4 Å². The highest BCUT2D eigenvalue weighted by Crippen LogP contribution is 2.17. The van der Waals surface area contributed by atoms with Gasteiger partial charge in [0, 0.05) is 12.2 Å². The first-order valence-electron chi connectivity index (χ1n) is 7.60. The van der Waals surface area contributed by atoms with Crippen molar-refractivity contribution in [2.24, 2.45) is 0 Å². The second-order valence-corrected chi connectivity index (χ2v) is 5.48. The lowest BCUT2D eigenvalue weighted by atomic mass is 9.96. The van der Waals surface area contributed by atoms with Crippen LogP contribution in [-0.2, 0) is 9.53 Å². The highest BCUT2D eigenvalue weighted by atomic mass is 16.5. The molecule has 1 heterocycles. The third kappa shape index (κ3) is 5.65. The number of aromatic nitrogens is 2. The van der Waals surface area contributed by atoms with Crippen LogP contribution in [0.25, 0.3) is 0 Å². The molecule has 0 atom stereocenters. The molecule has 0 aliphatic heterocycles. The van der Waals surface area contributed by atoms with Crippen molar-refractivity contribution >= 4 is 17.9 Å². The van der Waals surface area contributed by atoms with E-state index >= 15 is 0 Å². The first-order valence-corrected chi connectivity index (χ1v) is 7.60. The van der Waals surface area contributed by atoms with Crippen molar-refractivity contribution in [2.45, 2.75) is 45.1 Å². The Hall–Kier alpha value is -2.51. The molecule has 0 unspecified atom stereocenters. The zero-order chi connectivity index (χ0) is 16.7. The van der Waals surface area contributed by atoms with Crippen LogP contribution in [0, 0.1) is 6.92 Å². The summed E-state index contributed by atoms with van der Waals surface area (Å²) in [5.74, 6) is -1.45. The minimum absolute atomic E-state index is 0.00931. The van der Waals surface area contributed by atoms with Crippen molar-refractivity contribution < 1.29 is 19.1 Å². The lowest BCUT2D eigenvalue weighted by molar-refractivity contribution is -0.123. The number of imide groups is 1. The van der Waals surface area contributed by atoms with E-state index in [-0.39, 0.29) is 11.7 Å². The van der Waals surface area contributed by atoms with Gasteiger partial charge in [0.05, 0.1) is 11.9 Å². The van der Waals surface area contributed by atoms with Gasteiger partial charge in [-0.25, -0.2) is 14.6 Å². The number of nitrogens with one attached hydrogen (secondary N) is 2. The number of carbonyl (C=O) groups is 3. The van der Waals surface area contributed by atoms with E-state index in [4.69, 9.17) is 4.74 Å². The molecule has 1 aliphatic rings. The quantitative estimate of drug-likeness (QED) is 0.804. The zero-order valence-corrected chi connectivity index (χ0v) is 13.0. The SMILES string of the molecule is Cc1cnc(C(=O)OCC(=O)NC(=O)NC2CCCCC2)cn1. The number of urea groups is 1. The molecule has 0 aromatic carbocycles. The molecule has 0 bridgehead atoms. The highest BCUT2D eigenvalue weighted by molar-refractivity contribution is 5.96. The molecular weight excluding hydrogens is 300 g/mol. The average molecular weight is 320 g/mol. The van der Waals surface area contributed by atoms with Gasteiger partial charge in [0.2, 0.25) is 0 Å². The summed E-state index contributed by atoms with van der Waals surface area (Å²) in [6.45, 7) is 1.19. The molecule has 2 rings (SSSR count). The summed E-state index contributed by atoms with van der Waals surface area (Å²) in [7, 11) is 0. The second-order valence-electron chi connectivity index (χ2n) is 5.48. The molecule has 124 valence electrons. The average Bonchev–Trinajstić information content (AvgIpc) is 2.54. The summed E-state index contributed by atoms with van der Waals surface area (Å²) in [6, 6.07) is -0.463. The van der Waals surface area contributed by atoms with Crippen LogP contribution < -0.4 is 10.6 Å². The molecule has 0 saturated heterocycles. The predicted molar refractivity (Wildman–Crippen MR) is 80.6 cm³/mol. The van der Waals surface area contributed by atoms with Crippen molar-refractivity contribution in [1.82, 2.24) is 20.6 Å². The first kappa shape index (κ1) is 16.9. The number of nitrogens with zero attached hydrogens (tertiary/aromatic N) is 2. The van der Waals surface area contributed by atoms with Gasteiger partial charge in [-0.15, -0.1) is 0 Å². The van der Waals surface area contributed by atoms with Gasteiger partial charge in [0.1, 0.15) is 0 Å². The molecule has 0 radical (unpaired) electrons. The van der Waals surface area contributed by atoms with E-state index in [0.29, 0.717) is 5.69 Å². The Morgan fingerprint density at radius 3 is 2.57 bits per heavy atom. The standard InChI is InChI=1S/C15H20N4O4/c1-10-7-17-12(8-16-10)14(21)23-9-13(20)19-15(22)18-11-5-3-2-4-6-11/h7-8,11H,2-6,9H2,1H3,(H2,18,19,20,22). The van der Waals surface area contributed by atoms with Gasteiger partial charge in [-0.1, -0.05) is 19.3 Å². The molecule has 1 saturated carbocycles. The summed E-state index contributed by atoms with van der Waals surface area (Å²) < 4.78 is 4.79. The van der Waals surface area contributed by atoms with Crippen molar-refractivity contribution in [2.75, 3.05) is 6.61 Å². The van der Waals surface area contributed by atoms with Crippen LogP contribution in [0.5, 0.6) is 0 Å². The number of hydrogen-bond donors (Lipinski definition) is 2. The van der Waals surface area contributed by atoms with Crippen LogP contribution in [0.4, 0.5) is 4.79 Å². The molecule has 1 aliphatic carbocycles. The predicted octanol–water partition coefficient (Wildman–Crippen LogP) is 1.10. The largest absolute Gasteiger partial charge is 0.451 e. The molecule has 1 aromatic rings. The Kier molecular flexibility index (Phi) is 6.02. The van der Waals surface area contributed by atoms with Crippen molar-refractivity contribution in [3.63, 3.8) is 0 Å². The topological polar surface area (TPSA) is 110 Å². The fourth-order valence-electron chi connectivity index (χ4n) is 2.33. The molecule has 23 heavy (non-hydrogen) atoms. The van der Waals surface area contributed by atoms with E-state index < -0.39 is 24.5 Å². The molecule has 0 spiro atoms. The monoisotopic (exact) mass is 320 g/mol. The number of aryl methyl sites for hydroxylation is 1. The Bertz CT molecular complexity index is 567. The zero-order valence-electron chi connectivity index (χ0n) is 13.0. The second kappa shape index (κ2) is 8.21. The van der Waals surface area contributed by atoms with Crippen LogP contribution in [0.15, 0.2) is 12.4 Å². The summed E-state index contributed by atoms with van der Waals surface area (Å²) >= 11 is 0. The number of hydrogen-bond acceptors (Lipinski definition) is 6. The Labute approximate surface area is 134 Å². The third-order valence-corrected chi connectivity index (χ3v) is 3.52. The van der Waals surface area contributed by atoms with Crippen LogP contribution in [-0.4, -0.2) is 40.5 Å². The van der Waals surface area contributed by atoms with Crippen molar-refractivity contribution in [1.29, 1.82) is 0 Å². The lowest BCUT2D eigenvalue weighted by Gasteiger charge is -2.22. The Morgan fingerprint density at radius 2 is 1.91 bits per heavy atom. The minimum atomic E-state index is -0.764. The van der Waals surface area contributed by atoms with Gasteiger partial charge in [-0.05, 0) is 19.8 Å². The van der Waals surface area contributed by atoms with E-state index in [0.717, 1.165) is 25.7 Å². The number of esters is 1. The number of rotatable bonds is 4. The van der Waals surface area contributed by atoms with E-state index in [1.807, 2.05) is 0 Å². The van der Waals surface area contributed by atoms with Crippen LogP contribution in [0.1, 0.15) is 48.3 Å². The van der Waals surface area contributed by atoms with Gasteiger partial charge in [0.15, 0.2) is 12.3 Å².